The van der Waals surface area contributed by atoms with Gasteiger partial charge in [-0.2, -0.15) is 0 Å². The van der Waals surface area contributed by atoms with Gasteiger partial charge in [-0.3, -0.25) is 0 Å². The van der Waals surface area contributed by atoms with Crippen LogP contribution in [0.1, 0.15) is 69.4 Å². The van der Waals surface area contributed by atoms with E-state index in [4.69, 9.17) is 4.42 Å². The lowest BCUT2D eigenvalue weighted by molar-refractivity contribution is 0.363. The molecule has 0 N–H and O–H groups in total. The van der Waals surface area contributed by atoms with Crippen molar-refractivity contribution in [3.05, 3.63) is 17.8 Å². The molecular formula is C12H19NO. The highest BCUT2D eigenvalue weighted by molar-refractivity contribution is 5.05. The minimum Gasteiger partial charge on any atom is -0.448 e. The van der Waals surface area contributed by atoms with Crippen LogP contribution in [0.3, 0.4) is 0 Å². The van der Waals surface area contributed by atoms with Crippen molar-refractivity contribution in [2.45, 2.75) is 57.8 Å². The number of hydrogen-bond acceptors (Lipinski definition) is 2. The molecular weight excluding hydrogens is 174 g/mol. The van der Waals surface area contributed by atoms with Crippen molar-refractivity contribution in [3.8, 4) is 0 Å². The average Bonchev–Trinajstić information content (AvgIpc) is 2.68. The van der Waals surface area contributed by atoms with E-state index in [-0.39, 0.29) is 0 Å². The van der Waals surface area contributed by atoms with Crippen molar-refractivity contribution in [2.75, 3.05) is 0 Å². The first kappa shape index (κ1) is 9.75. The maximum Gasteiger partial charge on any atom is 0.197 e. The molecule has 0 radical (unpaired) electrons. The van der Waals surface area contributed by atoms with E-state index < -0.39 is 0 Å². The molecule has 0 aliphatic heterocycles. The third-order valence-corrected chi connectivity index (χ3v) is 3.09. The van der Waals surface area contributed by atoms with Gasteiger partial charge < -0.3 is 4.42 Å². The van der Waals surface area contributed by atoms with Gasteiger partial charge in [-0.15, -0.1) is 0 Å². The number of hydrogen-bond donors (Lipinski definition) is 0. The lowest BCUT2D eigenvalue weighted by Crippen LogP contribution is -2.05. The number of rotatable bonds is 2. The van der Waals surface area contributed by atoms with E-state index in [0.29, 0.717) is 11.8 Å². The molecule has 2 heteroatoms. The Morgan fingerprint density at radius 1 is 1.29 bits per heavy atom. The van der Waals surface area contributed by atoms with Gasteiger partial charge in [0.15, 0.2) is 5.89 Å². The molecule has 1 aromatic rings. The van der Waals surface area contributed by atoms with Gasteiger partial charge in [0, 0.05) is 5.92 Å². The van der Waals surface area contributed by atoms with Crippen molar-refractivity contribution in [2.24, 2.45) is 0 Å². The van der Waals surface area contributed by atoms with Crippen molar-refractivity contribution in [1.29, 1.82) is 0 Å². The highest BCUT2D eigenvalue weighted by atomic mass is 16.3. The summed E-state index contributed by atoms with van der Waals surface area (Å²) in [5.41, 5.74) is 1.10. The van der Waals surface area contributed by atoms with Crippen molar-refractivity contribution in [3.63, 3.8) is 0 Å². The fourth-order valence-electron chi connectivity index (χ4n) is 2.10. The molecule has 0 unspecified atom stereocenters. The summed E-state index contributed by atoms with van der Waals surface area (Å²) in [5.74, 6) is 2.06. The standard InChI is InChI=1S/C12H19NO/c1-9(2)11-8-14-12(13-11)10-6-4-3-5-7-10/h8-10H,3-7H2,1-2H3. The second-order valence-corrected chi connectivity index (χ2v) is 4.60. The topological polar surface area (TPSA) is 26.0 Å². The molecule has 1 saturated carbocycles. The number of nitrogens with zero attached hydrogens (tertiary/aromatic N) is 1. The fourth-order valence-corrected chi connectivity index (χ4v) is 2.10. The Kier molecular flexibility index (Phi) is 2.90. The lowest BCUT2D eigenvalue weighted by atomic mass is 9.89. The Bertz CT molecular complexity index is 284. The summed E-state index contributed by atoms with van der Waals surface area (Å²) in [7, 11) is 0. The SMILES string of the molecule is CC(C)c1coc(C2CCCCC2)n1. The van der Waals surface area contributed by atoms with Crippen molar-refractivity contribution < 1.29 is 4.42 Å². The van der Waals surface area contributed by atoms with E-state index in [2.05, 4.69) is 18.8 Å². The normalized spacial score (nSPS) is 19.1. The minimum absolute atomic E-state index is 0.482. The molecule has 78 valence electrons. The van der Waals surface area contributed by atoms with Gasteiger partial charge in [-0.1, -0.05) is 33.1 Å². The van der Waals surface area contributed by atoms with Gasteiger partial charge >= 0.3 is 0 Å². The zero-order chi connectivity index (χ0) is 9.97. The zero-order valence-corrected chi connectivity index (χ0v) is 9.12. The molecule has 1 aliphatic carbocycles. The summed E-state index contributed by atoms with van der Waals surface area (Å²) in [6.07, 6.45) is 8.41. The monoisotopic (exact) mass is 193 g/mol. The van der Waals surface area contributed by atoms with Crippen LogP contribution in [-0.2, 0) is 0 Å². The van der Waals surface area contributed by atoms with Crippen molar-refractivity contribution >= 4 is 0 Å². The summed E-state index contributed by atoms with van der Waals surface area (Å²) < 4.78 is 5.55. The second-order valence-electron chi connectivity index (χ2n) is 4.60. The molecule has 2 nitrogen and oxygen atoms in total. The first-order chi connectivity index (χ1) is 6.77. The predicted molar refractivity (Wildman–Crippen MR) is 56.4 cm³/mol. The van der Waals surface area contributed by atoms with E-state index >= 15 is 0 Å². The largest absolute Gasteiger partial charge is 0.448 e. The molecule has 14 heavy (non-hydrogen) atoms. The third-order valence-electron chi connectivity index (χ3n) is 3.09. The summed E-state index contributed by atoms with van der Waals surface area (Å²) in [4.78, 5) is 4.57. The highest BCUT2D eigenvalue weighted by Gasteiger charge is 2.20. The van der Waals surface area contributed by atoms with E-state index in [1.54, 1.807) is 0 Å². The highest BCUT2D eigenvalue weighted by Crippen LogP contribution is 2.32. The number of oxazole rings is 1. The van der Waals surface area contributed by atoms with Crippen LogP contribution in [0.4, 0.5) is 0 Å². The van der Waals surface area contributed by atoms with Crippen LogP contribution >= 0.6 is 0 Å². The predicted octanol–water partition coefficient (Wildman–Crippen LogP) is 3.85. The van der Waals surface area contributed by atoms with E-state index in [1.165, 1.54) is 32.1 Å². The molecule has 0 amide bonds. The molecule has 2 rings (SSSR count). The Hall–Kier alpha value is -0.790. The van der Waals surface area contributed by atoms with Gasteiger partial charge in [0.05, 0.1) is 5.69 Å². The first-order valence-electron chi connectivity index (χ1n) is 5.72. The number of aromatic nitrogens is 1. The van der Waals surface area contributed by atoms with Crippen LogP contribution in [0, 0.1) is 0 Å². The van der Waals surface area contributed by atoms with Gasteiger partial charge in [-0.05, 0) is 18.8 Å². The molecule has 0 saturated heterocycles. The first-order valence-corrected chi connectivity index (χ1v) is 5.72. The molecule has 1 aliphatic rings. The van der Waals surface area contributed by atoms with Crippen molar-refractivity contribution in [1.82, 2.24) is 4.98 Å². The van der Waals surface area contributed by atoms with E-state index in [0.717, 1.165) is 11.6 Å². The Morgan fingerprint density at radius 3 is 2.57 bits per heavy atom. The molecule has 0 atom stereocenters. The van der Waals surface area contributed by atoms with Gasteiger partial charge in [0.1, 0.15) is 6.26 Å². The summed E-state index contributed by atoms with van der Waals surface area (Å²) in [6, 6.07) is 0. The van der Waals surface area contributed by atoms with Crippen LogP contribution in [0.25, 0.3) is 0 Å². The molecule has 1 fully saturated rings. The van der Waals surface area contributed by atoms with E-state index in [9.17, 15) is 0 Å². The Balaban J connectivity index is 2.07. The summed E-state index contributed by atoms with van der Waals surface area (Å²) in [6.45, 7) is 4.31. The van der Waals surface area contributed by atoms with Crippen LogP contribution in [-0.4, -0.2) is 4.98 Å². The molecule has 0 bridgehead atoms. The quantitative estimate of drug-likeness (QED) is 0.713. The molecule has 1 heterocycles. The Morgan fingerprint density at radius 2 is 2.00 bits per heavy atom. The second kappa shape index (κ2) is 4.16. The smallest absolute Gasteiger partial charge is 0.197 e. The van der Waals surface area contributed by atoms with Crippen LogP contribution < -0.4 is 0 Å². The van der Waals surface area contributed by atoms with Gasteiger partial charge in [-0.25, -0.2) is 4.98 Å². The molecule has 1 aromatic heterocycles. The maximum absolute atomic E-state index is 5.55. The lowest BCUT2D eigenvalue weighted by Gasteiger charge is -2.17. The third kappa shape index (κ3) is 1.99. The summed E-state index contributed by atoms with van der Waals surface area (Å²) in [5, 5.41) is 0. The maximum atomic E-state index is 5.55. The molecule has 0 spiro atoms. The van der Waals surface area contributed by atoms with Crippen LogP contribution in [0.2, 0.25) is 0 Å². The van der Waals surface area contributed by atoms with E-state index in [1.807, 2.05) is 6.26 Å². The zero-order valence-electron chi connectivity index (χ0n) is 9.12. The minimum atomic E-state index is 0.482. The van der Waals surface area contributed by atoms with Crippen LogP contribution in [0.5, 0.6) is 0 Å². The fraction of sp³-hybridized carbons (Fsp3) is 0.750. The summed E-state index contributed by atoms with van der Waals surface area (Å²) >= 11 is 0. The van der Waals surface area contributed by atoms with Gasteiger partial charge in [0.25, 0.3) is 0 Å². The van der Waals surface area contributed by atoms with Gasteiger partial charge in [0.2, 0.25) is 0 Å². The van der Waals surface area contributed by atoms with Crippen LogP contribution in [0.15, 0.2) is 10.7 Å². The average molecular weight is 193 g/mol. The molecule has 0 aromatic carbocycles. The Labute approximate surface area is 85.7 Å².